The molecule has 2 atom stereocenters. The largest absolute Gasteiger partial charge is 0.508 e. The summed E-state index contributed by atoms with van der Waals surface area (Å²) in [5.74, 6) is -1.86. The molecule has 0 fully saturated rings. The van der Waals surface area contributed by atoms with Crippen LogP contribution >= 0.6 is 11.6 Å². The van der Waals surface area contributed by atoms with Gasteiger partial charge < -0.3 is 25.8 Å². The minimum absolute atomic E-state index is 0.0419. The molecule has 35 heavy (non-hydrogen) atoms. The second kappa shape index (κ2) is 10.00. The number of carbonyl (C=O) groups is 2. The van der Waals surface area contributed by atoms with Gasteiger partial charge in [0.2, 0.25) is 0 Å². The zero-order valence-electron chi connectivity index (χ0n) is 18.2. The Morgan fingerprint density at radius 1 is 1.03 bits per heavy atom. The van der Waals surface area contributed by atoms with Gasteiger partial charge in [0, 0.05) is 23.0 Å². The Hall–Kier alpha value is -4.15. The van der Waals surface area contributed by atoms with Gasteiger partial charge in [0.1, 0.15) is 16.8 Å². The van der Waals surface area contributed by atoms with Gasteiger partial charge in [0.25, 0.3) is 5.91 Å². The highest BCUT2D eigenvalue weighted by atomic mass is 35.5. The maximum absolute atomic E-state index is 12.9. The van der Waals surface area contributed by atoms with Gasteiger partial charge in [-0.3, -0.25) is 4.79 Å². The highest BCUT2D eigenvalue weighted by Crippen LogP contribution is 2.28. The van der Waals surface area contributed by atoms with Gasteiger partial charge in [-0.15, -0.1) is 5.10 Å². The third-order valence-electron chi connectivity index (χ3n) is 5.47. The quantitative estimate of drug-likeness (QED) is 0.233. The van der Waals surface area contributed by atoms with Crippen molar-refractivity contribution in [2.24, 2.45) is 0 Å². The molecular weight excluding hydrogens is 476 g/mol. The summed E-state index contributed by atoms with van der Waals surface area (Å²) in [4.78, 5) is 24.6. The van der Waals surface area contributed by atoms with E-state index < -0.39 is 24.0 Å². The summed E-state index contributed by atoms with van der Waals surface area (Å²) < 4.78 is 0. The fraction of sp³-hybridized carbons (Fsp3) is 0.167. The minimum atomic E-state index is -1.67. The van der Waals surface area contributed by atoms with Gasteiger partial charge in [-0.1, -0.05) is 40.7 Å². The molecule has 0 bridgehead atoms. The molecule has 5 N–H and O–H groups in total. The van der Waals surface area contributed by atoms with Crippen LogP contribution in [-0.4, -0.2) is 59.7 Å². The lowest BCUT2D eigenvalue weighted by Crippen LogP contribution is -2.40. The molecule has 4 rings (SSSR count). The van der Waals surface area contributed by atoms with Crippen molar-refractivity contribution in [2.75, 3.05) is 0 Å². The molecule has 4 aromatic rings. The molecule has 0 aliphatic heterocycles. The van der Waals surface area contributed by atoms with Gasteiger partial charge in [-0.2, -0.15) is 0 Å². The predicted molar refractivity (Wildman–Crippen MR) is 126 cm³/mol. The van der Waals surface area contributed by atoms with Crippen LogP contribution in [0.4, 0.5) is 0 Å². The maximum atomic E-state index is 12.9. The molecule has 0 unspecified atom stereocenters. The average Bonchev–Trinajstić information content (AvgIpc) is 3.18. The van der Waals surface area contributed by atoms with Crippen LogP contribution in [0, 0.1) is 0 Å². The monoisotopic (exact) mass is 496 g/mol. The molecule has 1 heterocycles. The lowest BCUT2D eigenvalue weighted by atomic mass is 9.97. The number of carbonyl (C=O) groups excluding carboxylic acids is 1. The Bertz CT molecular complexity index is 1370. The normalized spacial score (nSPS) is 12.9. The number of aliphatic hydroxyl groups is 1. The van der Waals surface area contributed by atoms with Crippen molar-refractivity contribution in [2.45, 2.75) is 25.0 Å². The van der Waals surface area contributed by atoms with Gasteiger partial charge in [-0.05, 0) is 64.7 Å². The van der Waals surface area contributed by atoms with Crippen molar-refractivity contribution in [3.8, 4) is 16.9 Å². The van der Waals surface area contributed by atoms with Gasteiger partial charge in [0.05, 0.1) is 0 Å². The van der Waals surface area contributed by atoms with E-state index in [1.807, 2.05) is 24.3 Å². The molecule has 10 nitrogen and oxygen atoms in total. The van der Waals surface area contributed by atoms with E-state index in [2.05, 4.69) is 15.6 Å². The van der Waals surface area contributed by atoms with Crippen LogP contribution in [0.25, 0.3) is 22.2 Å². The van der Waals surface area contributed by atoms with Crippen molar-refractivity contribution in [1.82, 2.24) is 20.5 Å². The fourth-order valence-corrected chi connectivity index (χ4v) is 3.97. The van der Waals surface area contributed by atoms with Crippen molar-refractivity contribution >= 4 is 34.5 Å². The van der Waals surface area contributed by atoms with Crippen LogP contribution < -0.4 is 5.32 Å². The Morgan fingerprint density at radius 2 is 1.77 bits per heavy atom. The number of aromatic nitrogens is 3. The maximum Gasteiger partial charge on any atom is 0.332 e. The minimum Gasteiger partial charge on any atom is -0.508 e. The number of hydrogen-bond donors (Lipinski definition) is 5. The number of nitrogens with zero attached hydrogens (tertiary/aromatic N) is 3. The number of aliphatic carboxylic acids is 1. The van der Waals surface area contributed by atoms with E-state index >= 15 is 0 Å². The molecule has 0 radical (unpaired) electrons. The Labute approximate surface area is 204 Å². The number of phenolic OH excluding ortho intramolecular Hbond substituents is 1. The van der Waals surface area contributed by atoms with E-state index in [-0.39, 0.29) is 29.7 Å². The molecule has 0 spiro atoms. The number of halogens is 1. The van der Waals surface area contributed by atoms with Crippen molar-refractivity contribution in [1.29, 1.82) is 0 Å². The Kier molecular flexibility index (Phi) is 6.85. The first kappa shape index (κ1) is 24.0. The average molecular weight is 497 g/mol. The van der Waals surface area contributed by atoms with Gasteiger partial charge >= 0.3 is 5.97 Å². The van der Waals surface area contributed by atoms with E-state index in [1.165, 1.54) is 24.3 Å². The van der Waals surface area contributed by atoms with Crippen LogP contribution in [0.1, 0.15) is 22.3 Å². The number of rotatable bonds is 8. The first-order valence-electron chi connectivity index (χ1n) is 10.5. The SMILES string of the molecule is O=C(N[C@@H](Cc1ccc(-c2cc(O)cc(Cl)c2)cc1)C[C@H](O)C(=O)O)c1ccc2nnn(O)c2c1. The van der Waals surface area contributed by atoms with Gasteiger partial charge in [0.15, 0.2) is 6.10 Å². The molecular formula is C24H21ClN4O6. The lowest BCUT2D eigenvalue weighted by molar-refractivity contribution is -0.147. The van der Waals surface area contributed by atoms with E-state index in [1.54, 1.807) is 12.1 Å². The molecule has 1 amide bonds. The van der Waals surface area contributed by atoms with Crippen molar-refractivity contribution < 1.29 is 30.1 Å². The Balaban J connectivity index is 1.53. The summed E-state index contributed by atoms with van der Waals surface area (Å²) in [5, 5.41) is 48.9. The first-order chi connectivity index (χ1) is 16.7. The standard InChI is InChI=1S/C24H21ClN4O6/c25-17-8-16(9-19(30)11-17)14-3-1-13(2-4-14)7-18(12-22(31)24(33)34)26-23(32)15-5-6-20-21(10-15)29(35)28-27-20/h1-6,8-11,18,22,30-31,35H,7,12H2,(H,26,32)(H,33,34)/t18-,22-/m0/s1. The summed E-state index contributed by atoms with van der Waals surface area (Å²) in [6.07, 6.45) is -1.63. The van der Waals surface area contributed by atoms with Crippen LogP contribution in [0.3, 0.4) is 0 Å². The predicted octanol–water partition coefficient (Wildman–Crippen LogP) is 2.87. The molecule has 0 saturated heterocycles. The molecule has 1 aromatic heterocycles. The smallest absolute Gasteiger partial charge is 0.332 e. The summed E-state index contributed by atoms with van der Waals surface area (Å²) in [5.41, 5.74) is 3.16. The molecule has 0 aliphatic carbocycles. The van der Waals surface area contributed by atoms with Crippen LogP contribution in [0.15, 0.2) is 60.7 Å². The summed E-state index contributed by atoms with van der Waals surface area (Å²) >= 11 is 6.01. The highest BCUT2D eigenvalue weighted by molar-refractivity contribution is 6.31. The number of aromatic hydroxyl groups is 1. The fourth-order valence-electron chi connectivity index (χ4n) is 3.74. The van der Waals surface area contributed by atoms with E-state index in [0.29, 0.717) is 15.4 Å². The number of phenols is 1. The number of benzene rings is 3. The second-order valence-electron chi connectivity index (χ2n) is 8.04. The van der Waals surface area contributed by atoms with E-state index in [4.69, 9.17) is 16.7 Å². The summed E-state index contributed by atoms with van der Waals surface area (Å²) in [6, 6.07) is 15.7. The number of fused-ring (bicyclic) bond motifs is 1. The Morgan fingerprint density at radius 3 is 2.46 bits per heavy atom. The summed E-state index contributed by atoms with van der Waals surface area (Å²) in [6.45, 7) is 0. The molecule has 0 aliphatic rings. The van der Waals surface area contributed by atoms with Crippen LogP contribution in [0.2, 0.25) is 5.02 Å². The number of amides is 1. The highest BCUT2D eigenvalue weighted by Gasteiger charge is 2.23. The van der Waals surface area contributed by atoms with Crippen LogP contribution in [-0.2, 0) is 11.2 Å². The molecule has 180 valence electrons. The number of nitrogens with one attached hydrogen (secondary N) is 1. The topological polar surface area (TPSA) is 158 Å². The van der Waals surface area contributed by atoms with Gasteiger partial charge in [-0.25, -0.2) is 4.79 Å². The third kappa shape index (κ3) is 5.68. The number of carboxylic acid groups (broad SMARTS) is 1. The van der Waals surface area contributed by atoms with E-state index in [9.17, 15) is 25.0 Å². The molecule has 3 aromatic carbocycles. The zero-order valence-corrected chi connectivity index (χ0v) is 18.9. The summed E-state index contributed by atoms with van der Waals surface area (Å²) in [7, 11) is 0. The van der Waals surface area contributed by atoms with E-state index in [0.717, 1.165) is 16.7 Å². The van der Waals surface area contributed by atoms with Crippen LogP contribution in [0.5, 0.6) is 5.75 Å². The number of hydrogen-bond acceptors (Lipinski definition) is 7. The lowest BCUT2D eigenvalue weighted by Gasteiger charge is -2.21. The molecule has 0 saturated carbocycles. The first-order valence-corrected chi connectivity index (χ1v) is 10.9. The third-order valence-corrected chi connectivity index (χ3v) is 5.69. The van der Waals surface area contributed by atoms with Crippen molar-refractivity contribution in [3.63, 3.8) is 0 Å². The second-order valence-corrected chi connectivity index (χ2v) is 8.48. The number of carboxylic acids is 1. The van der Waals surface area contributed by atoms with Crippen molar-refractivity contribution in [3.05, 3.63) is 76.8 Å². The zero-order chi connectivity index (χ0) is 25.1. The molecule has 11 heteroatoms. The number of aliphatic hydroxyl groups excluding tert-OH is 1.